The Morgan fingerprint density at radius 1 is 0.571 bits per heavy atom. The summed E-state index contributed by atoms with van der Waals surface area (Å²) in [5.74, 6) is 0.0480. The molecule has 0 heterocycles. The van der Waals surface area contributed by atoms with E-state index in [1.165, 1.54) is 12.1 Å². The molecule has 5 rings (SSSR count). The number of carbonyl (C=O) groups is 2. The SMILES string of the molecule is O=C(O)Oc1ccc2c3cccc4cccc(c5ccc(OC(=O)O)c1c25)c43. The van der Waals surface area contributed by atoms with E-state index in [4.69, 9.17) is 19.7 Å². The number of fused-ring (bicyclic) bond motifs is 2. The monoisotopic (exact) mass is 372 g/mol. The number of hydrogen-bond donors (Lipinski definition) is 2. The summed E-state index contributed by atoms with van der Waals surface area (Å²) in [5, 5.41) is 25.1. The molecule has 0 amide bonds. The zero-order valence-corrected chi connectivity index (χ0v) is 14.3. The van der Waals surface area contributed by atoms with Gasteiger partial charge in [0.1, 0.15) is 11.5 Å². The number of rotatable bonds is 2. The summed E-state index contributed by atoms with van der Waals surface area (Å²) in [4.78, 5) is 22.3. The van der Waals surface area contributed by atoms with Crippen LogP contribution in [0.15, 0.2) is 60.7 Å². The third-order valence-corrected chi connectivity index (χ3v) is 4.96. The summed E-state index contributed by atoms with van der Waals surface area (Å²) in [6, 6.07) is 18.6. The molecule has 0 aliphatic heterocycles. The van der Waals surface area contributed by atoms with Crippen LogP contribution in [0.1, 0.15) is 0 Å². The number of carboxylic acid groups (broad SMARTS) is 2. The minimum Gasteiger partial charge on any atom is -0.449 e. The predicted octanol–water partition coefficient (Wildman–Crippen LogP) is 5.85. The molecule has 0 bridgehead atoms. The lowest BCUT2D eigenvalue weighted by molar-refractivity contribution is 0.144. The van der Waals surface area contributed by atoms with Gasteiger partial charge >= 0.3 is 12.3 Å². The lowest BCUT2D eigenvalue weighted by Gasteiger charge is -2.17. The van der Waals surface area contributed by atoms with Crippen LogP contribution in [0.25, 0.3) is 43.1 Å². The van der Waals surface area contributed by atoms with Crippen LogP contribution in [0.3, 0.4) is 0 Å². The van der Waals surface area contributed by atoms with E-state index in [0.717, 1.165) is 32.3 Å². The summed E-state index contributed by atoms with van der Waals surface area (Å²) in [6.45, 7) is 0. The highest BCUT2D eigenvalue weighted by atomic mass is 16.7. The van der Waals surface area contributed by atoms with Gasteiger partial charge in [-0.25, -0.2) is 9.59 Å². The van der Waals surface area contributed by atoms with Crippen molar-refractivity contribution in [3.8, 4) is 11.5 Å². The van der Waals surface area contributed by atoms with E-state index in [2.05, 4.69) is 0 Å². The Labute approximate surface area is 157 Å². The maximum Gasteiger partial charge on any atom is 0.511 e. The molecule has 5 aromatic carbocycles. The Balaban J connectivity index is 2.05. The first-order valence-corrected chi connectivity index (χ1v) is 8.48. The van der Waals surface area contributed by atoms with Gasteiger partial charge in [0.05, 0.1) is 5.39 Å². The molecule has 0 unspecified atom stereocenters. The Kier molecular flexibility index (Phi) is 3.30. The van der Waals surface area contributed by atoms with E-state index in [-0.39, 0.29) is 11.5 Å². The zero-order chi connectivity index (χ0) is 19.4. The molecule has 0 atom stereocenters. The minimum absolute atomic E-state index is 0.0240. The van der Waals surface area contributed by atoms with Crippen LogP contribution in [0.4, 0.5) is 9.59 Å². The Morgan fingerprint density at radius 3 is 1.50 bits per heavy atom. The van der Waals surface area contributed by atoms with Crippen molar-refractivity contribution in [1.82, 2.24) is 0 Å². The maximum atomic E-state index is 11.2. The lowest BCUT2D eigenvalue weighted by Crippen LogP contribution is -2.07. The van der Waals surface area contributed by atoms with Crippen molar-refractivity contribution in [3.05, 3.63) is 60.7 Å². The second kappa shape index (κ2) is 5.72. The second-order valence-electron chi connectivity index (χ2n) is 6.42. The van der Waals surface area contributed by atoms with E-state index >= 15 is 0 Å². The fourth-order valence-electron chi connectivity index (χ4n) is 4.03. The first kappa shape index (κ1) is 16.1. The van der Waals surface area contributed by atoms with Gasteiger partial charge in [-0.3, -0.25) is 0 Å². The second-order valence-corrected chi connectivity index (χ2v) is 6.42. The third kappa shape index (κ3) is 2.21. The maximum absolute atomic E-state index is 11.2. The summed E-state index contributed by atoms with van der Waals surface area (Å²) >= 11 is 0. The Morgan fingerprint density at radius 2 is 1.04 bits per heavy atom. The van der Waals surface area contributed by atoms with Gasteiger partial charge < -0.3 is 19.7 Å². The molecule has 0 saturated heterocycles. The van der Waals surface area contributed by atoms with Crippen molar-refractivity contribution >= 4 is 55.4 Å². The quantitative estimate of drug-likeness (QED) is 0.175. The molecule has 0 spiro atoms. The summed E-state index contributed by atoms with van der Waals surface area (Å²) in [7, 11) is 0. The molecule has 0 radical (unpaired) electrons. The number of benzene rings is 5. The van der Waals surface area contributed by atoms with Gasteiger partial charge in [-0.15, -0.1) is 0 Å². The van der Waals surface area contributed by atoms with Crippen LogP contribution in [-0.4, -0.2) is 22.5 Å². The van der Waals surface area contributed by atoms with Crippen LogP contribution in [0, 0.1) is 0 Å². The van der Waals surface area contributed by atoms with E-state index in [1.807, 2.05) is 36.4 Å². The molecule has 0 saturated carbocycles. The highest BCUT2D eigenvalue weighted by molar-refractivity contribution is 6.34. The predicted molar refractivity (Wildman–Crippen MR) is 105 cm³/mol. The molecule has 0 aliphatic carbocycles. The molecule has 5 aromatic rings. The average molecular weight is 372 g/mol. The van der Waals surface area contributed by atoms with Crippen LogP contribution in [-0.2, 0) is 0 Å². The number of ether oxygens (including phenoxy) is 2. The summed E-state index contributed by atoms with van der Waals surface area (Å²) in [6.07, 6.45) is -2.97. The first-order chi connectivity index (χ1) is 13.5. The normalized spacial score (nSPS) is 11.4. The molecular formula is C22H12O6. The van der Waals surface area contributed by atoms with Gasteiger partial charge in [0, 0.05) is 5.39 Å². The van der Waals surface area contributed by atoms with Gasteiger partial charge in [-0.05, 0) is 56.6 Å². The van der Waals surface area contributed by atoms with Crippen molar-refractivity contribution in [3.63, 3.8) is 0 Å². The molecule has 6 heteroatoms. The first-order valence-electron chi connectivity index (χ1n) is 8.48. The fraction of sp³-hybridized carbons (Fsp3) is 0. The van der Waals surface area contributed by atoms with Gasteiger partial charge in [0.2, 0.25) is 0 Å². The van der Waals surface area contributed by atoms with E-state index < -0.39 is 12.3 Å². The van der Waals surface area contributed by atoms with Crippen LogP contribution in [0.5, 0.6) is 11.5 Å². The van der Waals surface area contributed by atoms with Crippen LogP contribution >= 0.6 is 0 Å². The van der Waals surface area contributed by atoms with Crippen LogP contribution in [0.2, 0.25) is 0 Å². The van der Waals surface area contributed by atoms with Crippen molar-refractivity contribution < 1.29 is 29.3 Å². The molecular weight excluding hydrogens is 360 g/mol. The van der Waals surface area contributed by atoms with Crippen molar-refractivity contribution in [2.24, 2.45) is 0 Å². The standard InChI is InChI=1S/C22H12O6/c23-21(24)27-16-9-7-14-12-5-1-3-11-4-2-6-13(18(11)12)15-8-10-17(28-22(25)26)20(16)19(14)15/h1-10H,(H,23,24)(H,25,26). The van der Waals surface area contributed by atoms with Crippen molar-refractivity contribution in [1.29, 1.82) is 0 Å². The number of hydrogen-bond acceptors (Lipinski definition) is 4. The van der Waals surface area contributed by atoms with Crippen molar-refractivity contribution in [2.75, 3.05) is 0 Å². The average Bonchev–Trinajstić information content (AvgIpc) is 2.66. The third-order valence-electron chi connectivity index (χ3n) is 4.96. The molecule has 2 N–H and O–H groups in total. The van der Waals surface area contributed by atoms with E-state index in [0.29, 0.717) is 10.8 Å². The van der Waals surface area contributed by atoms with Crippen molar-refractivity contribution in [2.45, 2.75) is 0 Å². The summed E-state index contributed by atoms with van der Waals surface area (Å²) < 4.78 is 9.87. The fourth-order valence-corrected chi connectivity index (χ4v) is 4.03. The molecule has 136 valence electrons. The molecule has 28 heavy (non-hydrogen) atoms. The molecule has 6 nitrogen and oxygen atoms in total. The topological polar surface area (TPSA) is 93.1 Å². The van der Waals surface area contributed by atoms with Gasteiger partial charge in [0.25, 0.3) is 0 Å². The molecule has 0 fully saturated rings. The van der Waals surface area contributed by atoms with E-state index in [1.54, 1.807) is 12.1 Å². The zero-order valence-electron chi connectivity index (χ0n) is 14.3. The summed E-state index contributed by atoms with van der Waals surface area (Å²) in [5.41, 5.74) is 0. The van der Waals surface area contributed by atoms with E-state index in [9.17, 15) is 9.59 Å². The molecule has 0 aliphatic rings. The molecule has 0 aromatic heterocycles. The lowest BCUT2D eigenvalue weighted by atomic mass is 9.89. The smallest absolute Gasteiger partial charge is 0.449 e. The van der Waals surface area contributed by atoms with Gasteiger partial charge in [-0.1, -0.05) is 36.4 Å². The largest absolute Gasteiger partial charge is 0.511 e. The van der Waals surface area contributed by atoms with Gasteiger partial charge in [0.15, 0.2) is 0 Å². The Hall–Kier alpha value is -4.06. The highest BCUT2D eigenvalue weighted by Gasteiger charge is 2.20. The highest BCUT2D eigenvalue weighted by Crippen LogP contribution is 2.46. The minimum atomic E-state index is -1.49. The van der Waals surface area contributed by atoms with Gasteiger partial charge in [-0.2, -0.15) is 0 Å². The Bertz CT molecular complexity index is 1320. The van der Waals surface area contributed by atoms with Crippen LogP contribution < -0.4 is 9.47 Å².